The van der Waals surface area contributed by atoms with Gasteiger partial charge in [-0.15, -0.1) is 0 Å². The van der Waals surface area contributed by atoms with Crippen LogP contribution in [0.25, 0.3) is 5.57 Å². The van der Waals surface area contributed by atoms with Gasteiger partial charge >= 0.3 is 5.97 Å². The van der Waals surface area contributed by atoms with E-state index >= 15 is 0 Å². The molecule has 304 valence electrons. The van der Waals surface area contributed by atoms with Crippen LogP contribution in [-0.4, -0.2) is 100 Å². The molecule has 1 aromatic rings. The van der Waals surface area contributed by atoms with Crippen molar-refractivity contribution in [1.82, 2.24) is 15.1 Å². The van der Waals surface area contributed by atoms with Crippen molar-refractivity contribution >= 4 is 17.4 Å². The minimum Gasteiger partial charge on any atom is -0.478 e. The summed E-state index contributed by atoms with van der Waals surface area (Å²) in [6.45, 7) is 24.9. The van der Waals surface area contributed by atoms with E-state index in [4.69, 9.17) is 16.1 Å². The third-order valence-corrected chi connectivity index (χ3v) is 17.2. The molecule has 0 spiro atoms. The number of ether oxygens (including phenoxy) is 2. The van der Waals surface area contributed by atoms with Crippen molar-refractivity contribution in [2.45, 2.75) is 92.4 Å². The molecule has 1 aliphatic heterocycles. The molecule has 9 unspecified atom stereocenters. The van der Waals surface area contributed by atoms with Crippen molar-refractivity contribution in [3.63, 3.8) is 0 Å². The number of hydrogen-bond donors (Lipinski definition) is 2. The highest BCUT2D eigenvalue weighted by atomic mass is 16.5. The number of hydrogen-bond acceptors (Lipinski definition) is 6. The molecule has 0 radical (unpaired) electrons. The summed E-state index contributed by atoms with van der Waals surface area (Å²) >= 11 is 0. The van der Waals surface area contributed by atoms with E-state index < -0.39 is 5.97 Å². The van der Waals surface area contributed by atoms with Gasteiger partial charge in [0.05, 0.1) is 37.4 Å². The molecule has 0 bridgehead atoms. The third kappa shape index (κ3) is 6.87. The van der Waals surface area contributed by atoms with E-state index in [1.165, 1.54) is 36.8 Å². The standard InChI is InChI=1S/C47H71N3O5/c1-32(31-55-30-27-50-25-28-54-29-26-50)35-15-20-47(42(53)48-23-24-49(7)8)22-21-45(5)37(40(35)47)13-14-39-44(4)18-16-36(33-9-11-34(12-10-33)41(51)52)43(2,3)38(44)17-19-46(39,45)6/h9-12,16,35,37-40H,1,13-15,17-31H2,2-8H3,(H,48,53)(H,51,52). The first-order chi connectivity index (χ1) is 26.1. The molecule has 9 atom stereocenters. The smallest absolute Gasteiger partial charge is 0.335 e. The highest BCUT2D eigenvalue weighted by molar-refractivity contribution is 5.88. The zero-order valence-electron chi connectivity index (χ0n) is 35.2. The van der Waals surface area contributed by atoms with Crippen LogP contribution < -0.4 is 5.32 Å². The Morgan fingerprint density at radius 1 is 0.945 bits per heavy atom. The average Bonchev–Trinajstić information content (AvgIpc) is 3.55. The lowest BCUT2D eigenvalue weighted by Crippen LogP contribution is -2.66. The Kier molecular flexibility index (Phi) is 11.3. The van der Waals surface area contributed by atoms with Gasteiger partial charge in [0.1, 0.15) is 0 Å². The first-order valence-corrected chi connectivity index (χ1v) is 21.6. The molecular weight excluding hydrogens is 687 g/mol. The molecule has 5 aliphatic carbocycles. The monoisotopic (exact) mass is 758 g/mol. The van der Waals surface area contributed by atoms with E-state index in [2.05, 4.69) is 69.9 Å². The van der Waals surface area contributed by atoms with Gasteiger partial charge in [0.15, 0.2) is 0 Å². The molecule has 1 aromatic carbocycles. The van der Waals surface area contributed by atoms with Crippen LogP contribution in [-0.2, 0) is 14.3 Å². The predicted octanol–water partition coefficient (Wildman–Crippen LogP) is 8.04. The summed E-state index contributed by atoms with van der Waals surface area (Å²) in [6, 6.07) is 7.56. The number of allylic oxidation sites excluding steroid dienone is 2. The topological polar surface area (TPSA) is 91.3 Å². The van der Waals surface area contributed by atoms with Crippen LogP contribution in [0.5, 0.6) is 0 Å². The van der Waals surface area contributed by atoms with E-state index in [1.807, 2.05) is 12.1 Å². The molecule has 1 saturated heterocycles. The highest BCUT2D eigenvalue weighted by Gasteiger charge is 2.71. The van der Waals surface area contributed by atoms with E-state index in [0.717, 1.165) is 77.1 Å². The largest absolute Gasteiger partial charge is 0.478 e. The van der Waals surface area contributed by atoms with Crippen LogP contribution in [0.3, 0.4) is 0 Å². The molecule has 0 aromatic heterocycles. The molecule has 4 saturated carbocycles. The first kappa shape index (κ1) is 40.7. The number of carboxylic acids is 1. The van der Waals surface area contributed by atoms with Gasteiger partial charge in [-0.3, -0.25) is 9.69 Å². The second-order valence-electron chi connectivity index (χ2n) is 20.1. The number of morpholine rings is 1. The van der Waals surface area contributed by atoms with Crippen molar-refractivity contribution in [2.75, 3.05) is 73.2 Å². The molecule has 55 heavy (non-hydrogen) atoms. The predicted molar refractivity (Wildman–Crippen MR) is 220 cm³/mol. The fourth-order valence-corrected chi connectivity index (χ4v) is 14.2. The Bertz CT molecular complexity index is 1630. The Balaban J connectivity index is 1.15. The fraction of sp³-hybridized carbons (Fsp3) is 0.745. The number of likely N-dealkylation sites (N-methyl/N-ethyl adjacent to an activating group) is 1. The van der Waals surface area contributed by atoms with Crippen LogP contribution >= 0.6 is 0 Å². The molecule has 1 heterocycles. The van der Waals surface area contributed by atoms with E-state index in [1.54, 1.807) is 12.1 Å². The number of carbonyl (C=O) groups is 2. The zero-order chi connectivity index (χ0) is 39.4. The minimum absolute atomic E-state index is 0.0285. The van der Waals surface area contributed by atoms with Crippen molar-refractivity contribution in [2.24, 2.45) is 56.7 Å². The van der Waals surface area contributed by atoms with Crippen molar-refractivity contribution in [3.8, 4) is 0 Å². The molecular formula is C47H71N3O5. The van der Waals surface area contributed by atoms with Gasteiger partial charge in [-0.05, 0) is 152 Å². The number of carboxylic acid groups (broad SMARTS) is 1. The van der Waals surface area contributed by atoms with Gasteiger partial charge in [-0.2, -0.15) is 0 Å². The maximum Gasteiger partial charge on any atom is 0.335 e. The molecule has 8 heteroatoms. The summed E-state index contributed by atoms with van der Waals surface area (Å²) in [5.41, 5.74) is 4.16. The minimum atomic E-state index is -0.877. The maximum atomic E-state index is 14.6. The zero-order valence-corrected chi connectivity index (χ0v) is 35.2. The fourth-order valence-electron chi connectivity index (χ4n) is 14.2. The number of fused-ring (bicyclic) bond motifs is 7. The Morgan fingerprint density at radius 2 is 1.67 bits per heavy atom. The summed E-state index contributed by atoms with van der Waals surface area (Å²) in [7, 11) is 4.15. The van der Waals surface area contributed by atoms with Gasteiger partial charge < -0.3 is 24.8 Å². The van der Waals surface area contributed by atoms with Gasteiger partial charge in [-0.25, -0.2) is 4.79 Å². The maximum absolute atomic E-state index is 14.6. The lowest BCUT2D eigenvalue weighted by molar-refractivity contribution is -0.225. The second kappa shape index (κ2) is 15.3. The summed E-state index contributed by atoms with van der Waals surface area (Å²) in [5.74, 6) is 1.60. The van der Waals surface area contributed by atoms with Gasteiger partial charge in [0.2, 0.25) is 5.91 Å². The van der Waals surface area contributed by atoms with Gasteiger partial charge in [-0.1, -0.05) is 59.4 Å². The van der Waals surface area contributed by atoms with Crippen LogP contribution in [0.15, 0.2) is 42.5 Å². The van der Waals surface area contributed by atoms with Crippen LogP contribution in [0.2, 0.25) is 0 Å². The lowest BCUT2D eigenvalue weighted by Gasteiger charge is -2.72. The van der Waals surface area contributed by atoms with Crippen LogP contribution in [0.1, 0.15) is 108 Å². The van der Waals surface area contributed by atoms with Crippen molar-refractivity contribution < 1.29 is 24.2 Å². The highest BCUT2D eigenvalue weighted by Crippen LogP contribution is 2.77. The molecule has 1 amide bonds. The SMILES string of the molecule is C=C(COCCN1CCOCC1)C1CCC2(C(=O)NCCN(C)C)CCC3(C)C(CCC4C5(C)CC=C(c6ccc(C(=O)O)cc6)C(C)(C)C5CCC43C)C12. The summed E-state index contributed by atoms with van der Waals surface area (Å²) in [5, 5.41) is 13.0. The van der Waals surface area contributed by atoms with E-state index in [-0.39, 0.29) is 38.9 Å². The Morgan fingerprint density at radius 3 is 2.36 bits per heavy atom. The summed E-state index contributed by atoms with van der Waals surface area (Å²) < 4.78 is 11.9. The second-order valence-corrected chi connectivity index (χ2v) is 20.1. The quantitative estimate of drug-likeness (QED) is 0.165. The van der Waals surface area contributed by atoms with Crippen molar-refractivity contribution in [1.29, 1.82) is 0 Å². The number of aromatic carboxylic acids is 1. The molecule has 7 rings (SSSR count). The van der Waals surface area contributed by atoms with Crippen LogP contribution in [0.4, 0.5) is 0 Å². The Labute approximate surface area is 331 Å². The van der Waals surface area contributed by atoms with E-state index in [9.17, 15) is 14.7 Å². The summed E-state index contributed by atoms with van der Waals surface area (Å²) in [6.07, 6.45) is 12.4. The Hall–Kier alpha value is -2.52. The third-order valence-electron chi connectivity index (χ3n) is 17.2. The van der Waals surface area contributed by atoms with E-state index in [0.29, 0.717) is 49.0 Å². The number of nitrogens with zero attached hydrogens (tertiary/aromatic N) is 2. The number of benzene rings is 1. The molecule has 2 N–H and O–H groups in total. The molecule has 8 nitrogen and oxygen atoms in total. The number of amides is 1. The lowest BCUT2D eigenvalue weighted by atomic mass is 9.32. The van der Waals surface area contributed by atoms with Crippen LogP contribution in [0, 0.1) is 56.7 Å². The molecule has 5 fully saturated rings. The molecule has 6 aliphatic rings. The van der Waals surface area contributed by atoms with Crippen molar-refractivity contribution in [3.05, 3.63) is 53.6 Å². The summed E-state index contributed by atoms with van der Waals surface area (Å²) in [4.78, 5) is 30.8. The van der Waals surface area contributed by atoms with Gasteiger partial charge in [0, 0.05) is 32.7 Å². The normalized spacial score (nSPS) is 38.3. The van der Waals surface area contributed by atoms with Gasteiger partial charge in [0.25, 0.3) is 0 Å². The first-order valence-electron chi connectivity index (χ1n) is 21.6. The number of carbonyl (C=O) groups excluding carboxylic acids is 1. The number of nitrogens with one attached hydrogen (secondary N) is 1. The number of rotatable bonds is 12. The average molecular weight is 758 g/mol.